The molecule has 0 amide bonds. The van der Waals surface area contributed by atoms with Crippen molar-refractivity contribution in [2.45, 2.75) is 0 Å². The first kappa shape index (κ1) is 16.9. The van der Waals surface area contributed by atoms with Crippen LogP contribution in [0.5, 0.6) is 0 Å². The summed E-state index contributed by atoms with van der Waals surface area (Å²) in [7, 11) is -4.59. The van der Waals surface area contributed by atoms with E-state index in [1.54, 1.807) is 0 Å². The van der Waals surface area contributed by atoms with Crippen LogP contribution in [0, 0.1) is 0 Å². The van der Waals surface area contributed by atoms with Gasteiger partial charge in [-0.3, -0.25) is 4.57 Å². The number of hydrogen-bond acceptors (Lipinski definition) is 3. The summed E-state index contributed by atoms with van der Waals surface area (Å²) < 4.78 is 10.8. The van der Waals surface area contributed by atoms with Gasteiger partial charge in [0.1, 0.15) is 0 Å². The van der Waals surface area contributed by atoms with E-state index >= 15 is 0 Å². The van der Waals surface area contributed by atoms with Gasteiger partial charge in [0.25, 0.3) is 0 Å². The standard InChI is InChI=1S/C8H7O7P.K.H/c9-7(10)5-2-1-4(16(13,14)15)3-6(5)8(11)12;;/h1-3H,(H,9,10)(H,11,12)(H2,13,14,15);;/q;+1;-1. The first-order valence-electron chi connectivity index (χ1n) is 3.90. The third-order valence-electron chi connectivity index (χ3n) is 1.80. The van der Waals surface area contributed by atoms with E-state index in [9.17, 15) is 14.2 Å². The quantitative estimate of drug-likeness (QED) is 0.344. The Balaban J connectivity index is 0. The molecule has 0 fully saturated rings. The molecular formula is C8H8KO7P. The summed E-state index contributed by atoms with van der Waals surface area (Å²) >= 11 is 0. The van der Waals surface area contributed by atoms with E-state index in [0.29, 0.717) is 6.07 Å². The first-order chi connectivity index (χ1) is 7.23. The van der Waals surface area contributed by atoms with Crippen LogP contribution in [0.4, 0.5) is 0 Å². The molecule has 4 N–H and O–H groups in total. The Labute approximate surface area is 140 Å². The third kappa shape index (κ3) is 4.27. The molecule has 0 atom stereocenters. The Bertz CT molecular complexity index is 512. The summed E-state index contributed by atoms with van der Waals surface area (Å²) in [6.45, 7) is 0. The molecule has 7 nitrogen and oxygen atoms in total. The van der Waals surface area contributed by atoms with Gasteiger partial charge < -0.3 is 21.4 Å². The first-order valence-corrected chi connectivity index (χ1v) is 5.51. The summed E-state index contributed by atoms with van der Waals surface area (Å²) in [5, 5.41) is 16.8. The van der Waals surface area contributed by atoms with Crippen molar-refractivity contribution in [3.63, 3.8) is 0 Å². The molecule has 0 radical (unpaired) electrons. The number of benzene rings is 1. The van der Waals surface area contributed by atoms with Crippen molar-refractivity contribution in [2.75, 3.05) is 0 Å². The third-order valence-corrected chi connectivity index (χ3v) is 2.75. The summed E-state index contributed by atoms with van der Waals surface area (Å²) in [5.74, 6) is -3.04. The number of rotatable bonds is 3. The molecule has 0 aliphatic rings. The van der Waals surface area contributed by atoms with Gasteiger partial charge >= 0.3 is 70.9 Å². The molecule has 0 unspecified atom stereocenters. The van der Waals surface area contributed by atoms with E-state index in [4.69, 9.17) is 20.0 Å². The van der Waals surface area contributed by atoms with Crippen molar-refractivity contribution < 1.29 is 87.0 Å². The van der Waals surface area contributed by atoms with Crippen LogP contribution in [0.1, 0.15) is 22.1 Å². The zero-order valence-corrected chi connectivity index (χ0v) is 12.7. The van der Waals surface area contributed by atoms with Crippen molar-refractivity contribution >= 4 is 24.8 Å². The van der Waals surface area contributed by atoms with Crippen LogP contribution < -0.4 is 56.7 Å². The smallest absolute Gasteiger partial charge is 1.00 e. The summed E-state index contributed by atoms with van der Waals surface area (Å²) in [4.78, 5) is 38.9. The molecule has 0 heterocycles. The minimum Gasteiger partial charge on any atom is -1.00 e. The van der Waals surface area contributed by atoms with Crippen molar-refractivity contribution in [3.05, 3.63) is 29.3 Å². The molecular weight excluding hydrogens is 278 g/mol. The predicted octanol–water partition coefficient (Wildman–Crippen LogP) is -3.00. The molecule has 17 heavy (non-hydrogen) atoms. The van der Waals surface area contributed by atoms with Gasteiger partial charge in [-0.25, -0.2) is 9.59 Å². The summed E-state index contributed by atoms with van der Waals surface area (Å²) in [5.41, 5.74) is -1.18. The Morgan fingerprint density at radius 3 is 1.88 bits per heavy atom. The number of carboxylic acid groups (broad SMARTS) is 2. The van der Waals surface area contributed by atoms with Gasteiger partial charge in [0, 0.05) is 0 Å². The monoisotopic (exact) mass is 286 g/mol. The van der Waals surface area contributed by atoms with Crippen LogP contribution >= 0.6 is 7.60 Å². The van der Waals surface area contributed by atoms with E-state index in [-0.39, 0.29) is 52.8 Å². The zero-order valence-electron chi connectivity index (χ0n) is 9.69. The largest absolute Gasteiger partial charge is 1.00 e. The van der Waals surface area contributed by atoms with Crippen LogP contribution in [0.2, 0.25) is 0 Å². The number of aromatic carboxylic acids is 2. The van der Waals surface area contributed by atoms with Gasteiger partial charge in [-0.1, -0.05) is 0 Å². The minimum absolute atomic E-state index is 0. The fourth-order valence-electron chi connectivity index (χ4n) is 1.08. The van der Waals surface area contributed by atoms with Gasteiger partial charge in [0.15, 0.2) is 0 Å². The SMILES string of the molecule is O=C(O)c1ccc(P(=O)(O)O)cc1C(=O)O.[H-].[K+]. The Hall–Kier alpha value is -0.0536. The number of carboxylic acids is 2. The average molecular weight is 286 g/mol. The van der Waals surface area contributed by atoms with Gasteiger partial charge in [-0.2, -0.15) is 0 Å². The fourth-order valence-corrected chi connectivity index (χ4v) is 1.64. The van der Waals surface area contributed by atoms with Crippen molar-refractivity contribution in [3.8, 4) is 0 Å². The summed E-state index contributed by atoms with van der Waals surface area (Å²) in [6.07, 6.45) is 0. The minimum atomic E-state index is -4.59. The molecule has 0 aliphatic carbocycles. The molecule has 0 spiro atoms. The maximum absolute atomic E-state index is 10.8. The van der Waals surface area contributed by atoms with Crippen LogP contribution in [0.15, 0.2) is 18.2 Å². The molecule has 9 heteroatoms. The maximum Gasteiger partial charge on any atom is 1.00 e. The molecule has 88 valence electrons. The van der Waals surface area contributed by atoms with E-state index < -0.39 is 36.0 Å². The summed E-state index contributed by atoms with van der Waals surface area (Å²) in [6, 6.07) is 2.39. The van der Waals surface area contributed by atoms with Crippen LogP contribution in [0.25, 0.3) is 0 Å². The van der Waals surface area contributed by atoms with Crippen LogP contribution in [0.3, 0.4) is 0 Å². The molecule has 0 aromatic heterocycles. The number of carbonyl (C=O) groups is 2. The van der Waals surface area contributed by atoms with E-state index in [0.717, 1.165) is 12.1 Å². The van der Waals surface area contributed by atoms with Crippen LogP contribution in [-0.4, -0.2) is 31.9 Å². The molecule has 0 aliphatic heterocycles. The molecule has 0 saturated heterocycles. The predicted molar refractivity (Wildman–Crippen MR) is 53.2 cm³/mol. The second-order valence-electron chi connectivity index (χ2n) is 2.88. The molecule has 0 saturated carbocycles. The molecule has 0 bridgehead atoms. The normalized spacial score (nSPS) is 10.5. The van der Waals surface area contributed by atoms with E-state index in [1.165, 1.54) is 0 Å². The zero-order chi connectivity index (χ0) is 12.5. The van der Waals surface area contributed by atoms with Crippen molar-refractivity contribution in [1.82, 2.24) is 0 Å². The fraction of sp³-hybridized carbons (Fsp3) is 0. The second-order valence-corrected chi connectivity index (χ2v) is 4.49. The topological polar surface area (TPSA) is 132 Å². The van der Waals surface area contributed by atoms with Crippen molar-refractivity contribution in [2.24, 2.45) is 0 Å². The molecule has 1 aromatic carbocycles. The van der Waals surface area contributed by atoms with Crippen LogP contribution in [-0.2, 0) is 4.57 Å². The Morgan fingerprint density at radius 2 is 1.53 bits per heavy atom. The number of hydrogen-bond donors (Lipinski definition) is 4. The van der Waals surface area contributed by atoms with Gasteiger partial charge in [-0.05, 0) is 18.2 Å². The van der Waals surface area contributed by atoms with Gasteiger partial charge in [0.2, 0.25) is 0 Å². The van der Waals surface area contributed by atoms with E-state index in [1.807, 2.05) is 0 Å². The maximum atomic E-state index is 10.8. The molecule has 1 aromatic rings. The van der Waals surface area contributed by atoms with Gasteiger partial charge in [0.05, 0.1) is 16.4 Å². The van der Waals surface area contributed by atoms with E-state index in [2.05, 4.69) is 0 Å². The average Bonchev–Trinajstić information content (AvgIpc) is 2.15. The Morgan fingerprint density at radius 1 is 1.06 bits per heavy atom. The van der Waals surface area contributed by atoms with Gasteiger partial charge in [-0.15, -0.1) is 0 Å². The Kier molecular flexibility index (Phi) is 6.19. The van der Waals surface area contributed by atoms with Crippen molar-refractivity contribution in [1.29, 1.82) is 0 Å². The second kappa shape index (κ2) is 6.21. The molecule has 1 rings (SSSR count).